The smallest absolute Gasteiger partial charge is 0.227 e. The zero-order chi connectivity index (χ0) is 7.98. The van der Waals surface area contributed by atoms with Crippen LogP contribution in [0.2, 0.25) is 0 Å². The Hall–Kier alpha value is -1.02. The fourth-order valence-corrected chi connectivity index (χ4v) is 0.737. The maximum Gasteiger partial charge on any atom is 0.227 e. The molecule has 0 saturated carbocycles. The number of carbonyl (C=O) groups excluding carboxylic acids is 2. The van der Waals surface area contributed by atoms with Gasteiger partial charge in [-0.05, 0) is 0 Å². The average Bonchev–Trinajstić information content (AvgIpc) is 1.85. The minimum absolute atomic E-state index is 0.0412. The summed E-state index contributed by atoms with van der Waals surface area (Å²) < 4.78 is 0. The highest BCUT2D eigenvalue weighted by Gasteiger charge is 2.02. The van der Waals surface area contributed by atoms with Crippen LogP contribution in [0.1, 0.15) is 6.42 Å². The van der Waals surface area contributed by atoms with Gasteiger partial charge in [-0.3, -0.25) is 9.59 Å². The first kappa shape index (κ1) is 8.98. The molecule has 0 atom stereocenters. The second-order valence-electron chi connectivity index (χ2n) is 1.46. The van der Waals surface area contributed by atoms with Gasteiger partial charge >= 0.3 is 0 Å². The van der Waals surface area contributed by atoms with Gasteiger partial charge in [0.15, 0.2) is 0 Å². The van der Waals surface area contributed by atoms with E-state index in [0.717, 1.165) is 11.8 Å². The van der Waals surface area contributed by atoms with Gasteiger partial charge in [-0.25, -0.2) is 0 Å². The molecular weight excluding hydrogens is 152 g/mol. The summed E-state index contributed by atoms with van der Waals surface area (Å²) in [7, 11) is 0. The number of nitrogens with zero attached hydrogens (tertiary/aromatic N) is 1. The molecule has 0 rings (SSSR count). The maximum atomic E-state index is 10.5. The minimum Gasteiger partial charge on any atom is -0.369 e. The van der Waals surface area contributed by atoms with Crippen LogP contribution in [0.3, 0.4) is 0 Å². The van der Waals surface area contributed by atoms with E-state index in [2.05, 4.69) is 0 Å². The van der Waals surface area contributed by atoms with Gasteiger partial charge < -0.3 is 5.73 Å². The molecule has 10 heavy (non-hydrogen) atoms. The molecule has 4 nitrogen and oxygen atoms in total. The molecule has 0 bridgehead atoms. The summed E-state index contributed by atoms with van der Waals surface area (Å²) in [6, 6.07) is 1.67. The molecule has 0 unspecified atom stereocenters. The third kappa shape index (κ3) is 5.12. The van der Waals surface area contributed by atoms with E-state index in [1.165, 1.54) is 0 Å². The number of primary amides is 1. The molecule has 1 amide bonds. The molecular formula is C5H6N2O2S. The van der Waals surface area contributed by atoms with Crippen molar-refractivity contribution in [1.29, 1.82) is 5.26 Å². The maximum absolute atomic E-state index is 10.5. The fraction of sp³-hybridized carbons (Fsp3) is 0.400. The summed E-state index contributed by atoms with van der Waals surface area (Å²) in [4.78, 5) is 20.6. The lowest BCUT2D eigenvalue weighted by Crippen LogP contribution is -2.14. The largest absolute Gasteiger partial charge is 0.369 e. The number of hydrogen-bond donors (Lipinski definition) is 1. The molecule has 0 saturated heterocycles. The Morgan fingerprint density at radius 3 is 2.60 bits per heavy atom. The zero-order valence-electron chi connectivity index (χ0n) is 5.16. The lowest BCUT2D eigenvalue weighted by molar-refractivity contribution is -0.116. The van der Waals surface area contributed by atoms with Crippen molar-refractivity contribution in [3.63, 3.8) is 0 Å². The number of amides is 1. The highest BCUT2D eigenvalue weighted by Crippen LogP contribution is 2.02. The average molecular weight is 158 g/mol. The Morgan fingerprint density at radius 1 is 1.60 bits per heavy atom. The van der Waals surface area contributed by atoms with Crippen LogP contribution >= 0.6 is 11.8 Å². The van der Waals surface area contributed by atoms with Gasteiger partial charge in [-0.2, -0.15) is 5.26 Å². The first-order valence-electron chi connectivity index (χ1n) is 2.47. The van der Waals surface area contributed by atoms with Crippen LogP contribution in [0.5, 0.6) is 0 Å². The van der Waals surface area contributed by atoms with Gasteiger partial charge in [0.2, 0.25) is 11.0 Å². The standard InChI is InChI=1S/C5H6N2O2S/c6-2-1-5(9)10-3-4(7)8/h1,3H2,(H2,7,8). The zero-order valence-corrected chi connectivity index (χ0v) is 5.98. The molecule has 0 aromatic carbocycles. The third-order valence-corrected chi connectivity index (χ3v) is 1.49. The van der Waals surface area contributed by atoms with Crippen molar-refractivity contribution in [2.75, 3.05) is 5.75 Å². The number of rotatable bonds is 3. The van der Waals surface area contributed by atoms with E-state index in [1.807, 2.05) is 0 Å². The van der Waals surface area contributed by atoms with Gasteiger partial charge in [0.1, 0.15) is 6.42 Å². The molecule has 0 aliphatic heterocycles. The Balaban J connectivity index is 3.42. The minimum atomic E-state index is -0.545. The number of nitriles is 1. The Bertz CT molecular complexity index is 185. The summed E-state index contributed by atoms with van der Waals surface area (Å²) in [5, 5.41) is 7.68. The molecule has 0 fully saturated rings. The van der Waals surface area contributed by atoms with Crippen molar-refractivity contribution in [1.82, 2.24) is 0 Å². The van der Waals surface area contributed by atoms with Crippen molar-refractivity contribution in [2.45, 2.75) is 6.42 Å². The van der Waals surface area contributed by atoms with Crippen molar-refractivity contribution < 1.29 is 9.59 Å². The predicted molar refractivity (Wildman–Crippen MR) is 36.9 cm³/mol. The van der Waals surface area contributed by atoms with Crippen LogP contribution in [-0.2, 0) is 9.59 Å². The van der Waals surface area contributed by atoms with Gasteiger partial charge in [0, 0.05) is 0 Å². The van der Waals surface area contributed by atoms with Crippen LogP contribution in [-0.4, -0.2) is 16.8 Å². The molecule has 0 aliphatic rings. The molecule has 0 aromatic rings. The molecule has 2 N–H and O–H groups in total. The van der Waals surface area contributed by atoms with Crippen LogP contribution in [0.25, 0.3) is 0 Å². The van der Waals surface area contributed by atoms with Gasteiger partial charge in [0.25, 0.3) is 0 Å². The van der Waals surface area contributed by atoms with Crippen molar-refractivity contribution in [3.05, 3.63) is 0 Å². The Morgan fingerprint density at radius 2 is 2.20 bits per heavy atom. The van der Waals surface area contributed by atoms with E-state index in [4.69, 9.17) is 11.0 Å². The predicted octanol–water partition coefficient (Wildman–Crippen LogP) is -0.355. The van der Waals surface area contributed by atoms with Crippen molar-refractivity contribution in [3.8, 4) is 6.07 Å². The van der Waals surface area contributed by atoms with E-state index in [-0.39, 0.29) is 17.3 Å². The summed E-state index contributed by atoms with van der Waals surface area (Å²) in [5.74, 6) is -0.586. The molecule has 0 aliphatic carbocycles. The number of thioether (sulfide) groups is 1. The molecule has 0 spiro atoms. The van der Waals surface area contributed by atoms with E-state index >= 15 is 0 Å². The number of hydrogen-bond acceptors (Lipinski definition) is 4. The molecule has 54 valence electrons. The molecule has 5 heteroatoms. The molecule has 0 heterocycles. The lowest BCUT2D eigenvalue weighted by Gasteiger charge is -1.89. The first-order valence-corrected chi connectivity index (χ1v) is 3.46. The SMILES string of the molecule is N#CCC(=O)SCC(N)=O. The number of nitrogens with two attached hydrogens (primary N) is 1. The Labute approximate surface area is 62.4 Å². The number of carbonyl (C=O) groups is 2. The topological polar surface area (TPSA) is 83.9 Å². The van der Waals surface area contributed by atoms with E-state index < -0.39 is 5.91 Å². The van der Waals surface area contributed by atoms with E-state index in [1.54, 1.807) is 6.07 Å². The summed E-state index contributed by atoms with van der Waals surface area (Å²) >= 11 is 0.773. The van der Waals surface area contributed by atoms with Crippen LogP contribution < -0.4 is 5.73 Å². The van der Waals surface area contributed by atoms with E-state index in [0.29, 0.717) is 0 Å². The fourth-order valence-electron chi connectivity index (χ4n) is 0.267. The van der Waals surface area contributed by atoms with Crippen molar-refractivity contribution in [2.24, 2.45) is 5.73 Å². The van der Waals surface area contributed by atoms with Crippen molar-refractivity contribution >= 4 is 22.8 Å². The van der Waals surface area contributed by atoms with Crippen LogP contribution in [0, 0.1) is 11.3 Å². The Kier molecular flexibility index (Phi) is 4.33. The van der Waals surface area contributed by atoms with E-state index in [9.17, 15) is 9.59 Å². The highest BCUT2D eigenvalue weighted by molar-refractivity contribution is 8.14. The van der Waals surface area contributed by atoms with Crippen LogP contribution in [0.4, 0.5) is 0 Å². The highest BCUT2D eigenvalue weighted by atomic mass is 32.2. The van der Waals surface area contributed by atoms with Gasteiger partial charge in [0.05, 0.1) is 11.8 Å². The quantitative estimate of drug-likeness (QED) is 0.608. The monoisotopic (exact) mass is 158 g/mol. The summed E-state index contributed by atoms with van der Waals surface area (Å²) in [6.07, 6.45) is -0.169. The van der Waals surface area contributed by atoms with Crippen LogP contribution in [0.15, 0.2) is 0 Å². The second kappa shape index (κ2) is 4.82. The molecule has 0 radical (unpaired) electrons. The summed E-state index contributed by atoms with van der Waals surface area (Å²) in [6.45, 7) is 0. The second-order valence-corrected chi connectivity index (χ2v) is 2.49. The molecule has 0 aromatic heterocycles. The first-order chi connectivity index (χ1) is 4.66. The van der Waals surface area contributed by atoms with Gasteiger partial charge in [-0.1, -0.05) is 11.8 Å². The normalized spacial score (nSPS) is 8.30. The lowest BCUT2D eigenvalue weighted by atomic mass is 10.5. The van der Waals surface area contributed by atoms with Gasteiger partial charge in [-0.15, -0.1) is 0 Å². The third-order valence-electron chi connectivity index (χ3n) is 0.599. The summed E-state index contributed by atoms with van der Waals surface area (Å²) in [5.41, 5.74) is 4.74.